The van der Waals surface area contributed by atoms with Gasteiger partial charge < -0.3 is 4.90 Å². The zero-order valence-corrected chi connectivity index (χ0v) is 11.7. The van der Waals surface area contributed by atoms with Crippen LogP contribution in [0, 0.1) is 0 Å². The highest BCUT2D eigenvalue weighted by Gasteiger charge is 2.18. The molecule has 3 rings (SSSR count). The lowest BCUT2D eigenvalue weighted by molar-refractivity contribution is 0.282. The van der Waals surface area contributed by atoms with Crippen LogP contribution in [0.15, 0.2) is 28.9 Å². The van der Waals surface area contributed by atoms with Crippen molar-refractivity contribution in [1.82, 2.24) is 9.88 Å². The number of pyridine rings is 1. The average molecular weight is 260 g/mol. The molecule has 2 aliphatic rings. The van der Waals surface area contributed by atoms with Gasteiger partial charge in [0.05, 0.1) is 5.03 Å². The number of aromatic nitrogens is 1. The molecule has 1 saturated carbocycles. The average Bonchev–Trinajstić information content (AvgIpc) is 3.17. The van der Waals surface area contributed by atoms with Gasteiger partial charge in [-0.2, -0.15) is 0 Å². The second kappa shape index (κ2) is 5.45. The molecule has 1 aromatic rings. The van der Waals surface area contributed by atoms with E-state index in [1.54, 1.807) is 5.57 Å². The first-order valence-electron chi connectivity index (χ1n) is 6.80. The predicted octanol–water partition coefficient (Wildman–Crippen LogP) is 3.45. The molecule has 0 spiro atoms. The lowest BCUT2D eigenvalue weighted by Gasteiger charge is -2.28. The molecule has 1 aliphatic carbocycles. The van der Waals surface area contributed by atoms with Crippen LogP contribution in [0.2, 0.25) is 0 Å². The minimum absolute atomic E-state index is 0.748. The molecule has 1 aliphatic heterocycles. The summed E-state index contributed by atoms with van der Waals surface area (Å²) in [6.07, 6.45) is 9.42. The Bertz CT molecular complexity index is 442. The molecular formula is C15H20N2S. The van der Waals surface area contributed by atoms with Gasteiger partial charge in [0.15, 0.2) is 0 Å². The monoisotopic (exact) mass is 260 g/mol. The zero-order valence-electron chi connectivity index (χ0n) is 10.9. The van der Waals surface area contributed by atoms with Crippen LogP contribution in [-0.4, -0.2) is 35.3 Å². The molecule has 96 valence electrons. The first-order valence-corrected chi connectivity index (χ1v) is 7.68. The standard InChI is InChI=1S/C15H20N2S/c1-17-8-5-14(6-9-17)18-15-11-13(4-7-16-15)10-12-2-3-12/h4,7,10-11,14H,2-3,5-6,8-9H2,1H3. The lowest BCUT2D eigenvalue weighted by atomic mass is 10.1. The van der Waals surface area contributed by atoms with Gasteiger partial charge in [-0.05, 0) is 63.5 Å². The Balaban J connectivity index is 1.63. The van der Waals surface area contributed by atoms with E-state index in [1.165, 1.54) is 49.4 Å². The fourth-order valence-electron chi connectivity index (χ4n) is 2.30. The molecular weight excluding hydrogens is 240 g/mol. The molecule has 1 saturated heterocycles. The van der Waals surface area contributed by atoms with Crippen molar-refractivity contribution in [1.29, 1.82) is 0 Å². The van der Waals surface area contributed by atoms with Crippen molar-refractivity contribution in [2.75, 3.05) is 20.1 Å². The number of likely N-dealkylation sites (tertiary alicyclic amines) is 1. The van der Waals surface area contributed by atoms with Crippen LogP contribution in [-0.2, 0) is 0 Å². The lowest BCUT2D eigenvalue weighted by Crippen LogP contribution is -2.31. The summed E-state index contributed by atoms with van der Waals surface area (Å²) in [6.45, 7) is 2.45. The molecule has 3 heteroatoms. The van der Waals surface area contributed by atoms with Crippen LogP contribution >= 0.6 is 11.8 Å². The normalized spacial score (nSPS) is 21.1. The second-order valence-electron chi connectivity index (χ2n) is 5.35. The summed E-state index contributed by atoms with van der Waals surface area (Å²) in [5.41, 5.74) is 2.91. The van der Waals surface area contributed by atoms with Crippen LogP contribution in [0.4, 0.5) is 0 Å². The molecule has 0 bridgehead atoms. The Morgan fingerprint density at radius 2 is 2.11 bits per heavy atom. The van der Waals surface area contributed by atoms with Gasteiger partial charge in [0.1, 0.15) is 0 Å². The Hall–Kier alpha value is -0.800. The Morgan fingerprint density at radius 1 is 1.33 bits per heavy atom. The van der Waals surface area contributed by atoms with Gasteiger partial charge >= 0.3 is 0 Å². The van der Waals surface area contributed by atoms with Crippen molar-refractivity contribution in [2.24, 2.45) is 0 Å². The Morgan fingerprint density at radius 3 is 2.83 bits per heavy atom. The molecule has 0 amide bonds. The summed E-state index contributed by atoms with van der Waals surface area (Å²) in [5.74, 6) is 0. The SMILES string of the molecule is CN1CCC(Sc2cc(C=C3CC3)ccn2)CC1. The number of nitrogens with zero attached hydrogens (tertiary/aromatic N) is 2. The van der Waals surface area contributed by atoms with Gasteiger partial charge in [0.25, 0.3) is 0 Å². The van der Waals surface area contributed by atoms with E-state index in [4.69, 9.17) is 0 Å². The third kappa shape index (κ3) is 3.36. The topological polar surface area (TPSA) is 16.1 Å². The minimum atomic E-state index is 0.748. The van der Waals surface area contributed by atoms with Crippen LogP contribution in [0.3, 0.4) is 0 Å². The van der Waals surface area contributed by atoms with E-state index in [1.807, 2.05) is 18.0 Å². The highest BCUT2D eigenvalue weighted by molar-refractivity contribution is 7.99. The van der Waals surface area contributed by atoms with E-state index in [0.717, 1.165) is 5.25 Å². The summed E-state index contributed by atoms with van der Waals surface area (Å²) in [4.78, 5) is 6.92. The molecule has 18 heavy (non-hydrogen) atoms. The van der Waals surface area contributed by atoms with Gasteiger partial charge in [-0.3, -0.25) is 0 Å². The van der Waals surface area contributed by atoms with Crippen LogP contribution in [0.25, 0.3) is 6.08 Å². The van der Waals surface area contributed by atoms with Gasteiger partial charge in [-0.15, -0.1) is 11.8 Å². The Labute approximate surface area is 113 Å². The number of rotatable bonds is 3. The van der Waals surface area contributed by atoms with E-state index in [9.17, 15) is 0 Å². The quantitative estimate of drug-likeness (QED) is 0.828. The van der Waals surface area contributed by atoms with Crippen LogP contribution in [0.5, 0.6) is 0 Å². The molecule has 2 nitrogen and oxygen atoms in total. The van der Waals surface area contributed by atoms with Gasteiger partial charge in [0.2, 0.25) is 0 Å². The fourth-order valence-corrected chi connectivity index (χ4v) is 3.42. The number of piperidine rings is 1. The molecule has 2 heterocycles. The van der Waals surface area contributed by atoms with E-state index in [-0.39, 0.29) is 0 Å². The third-order valence-electron chi connectivity index (χ3n) is 3.62. The van der Waals surface area contributed by atoms with E-state index >= 15 is 0 Å². The largest absolute Gasteiger partial charge is 0.306 e. The Kier molecular flexibility index (Phi) is 3.71. The molecule has 0 radical (unpaired) electrons. The molecule has 1 aromatic heterocycles. The fraction of sp³-hybridized carbons (Fsp3) is 0.533. The molecule has 0 aromatic carbocycles. The molecule has 0 atom stereocenters. The number of thioether (sulfide) groups is 1. The second-order valence-corrected chi connectivity index (χ2v) is 6.67. The van der Waals surface area contributed by atoms with E-state index < -0.39 is 0 Å². The van der Waals surface area contributed by atoms with Gasteiger partial charge in [-0.1, -0.05) is 11.6 Å². The first-order chi connectivity index (χ1) is 8.79. The van der Waals surface area contributed by atoms with Gasteiger partial charge in [0, 0.05) is 11.4 Å². The number of hydrogen-bond donors (Lipinski definition) is 0. The third-order valence-corrected chi connectivity index (χ3v) is 4.89. The van der Waals surface area contributed by atoms with Crippen molar-refractivity contribution in [3.8, 4) is 0 Å². The van der Waals surface area contributed by atoms with Crippen molar-refractivity contribution < 1.29 is 0 Å². The summed E-state index contributed by atoms with van der Waals surface area (Å²) < 4.78 is 0. The molecule has 0 unspecified atom stereocenters. The van der Waals surface area contributed by atoms with Crippen molar-refractivity contribution in [3.63, 3.8) is 0 Å². The highest BCUT2D eigenvalue weighted by atomic mass is 32.2. The number of hydrogen-bond acceptors (Lipinski definition) is 3. The van der Waals surface area contributed by atoms with Crippen molar-refractivity contribution >= 4 is 17.8 Å². The smallest absolute Gasteiger partial charge is 0.0968 e. The van der Waals surface area contributed by atoms with E-state index in [0.29, 0.717) is 0 Å². The van der Waals surface area contributed by atoms with Gasteiger partial charge in [-0.25, -0.2) is 4.98 Å². The summed E-state index contributed by atoms with van der Waals surface area (Å²) in [6, 6.07) is 4.36. The van der Waals surface area contributed by atoms with Crippen LogP contribution in [0.1, 0.15) is 31.2 Å². The summed E-state index contributed by atoms with van der Waals surface area (Å²) in [7, 11) is 2.21. The van der Waals surface area contributed by atoms with Crippen molar-refractivity contribution in [2.45, 2.75) is 36.0 Å². The molecule has 2 fully saturated rings. The zero-order chi connectivity index (χ0) is 12.4. The number of allylic oxidation sites excluding steroid dienone is 1. The van der Waals surface area contributed by atoms with E-state index in [2.05, 4.69) is 35.1 Å². The summed E-state index contributed by atoms with van der Waals surface area (Å²) in [5, 5.41) is 1.94. The maximum absolute atomic E-state index is 4.50. The minimum Gasteiger partial charge on any atom is -0.306 e. The maximum Gasteiger partial charge on any atom is 0.0968 e. The highest BCUT2D eigenvalue weighted by Crippen LogP contribution is 2.32. The van der Waals surface area contributed by atoms with Crippen molar-refractivity contribution in [3.05, 3.63) is 29.5 Å². The first kappa shape index (κ1) is 12.2. The van der Waals surface area contributed by atoms with Crippen LogP contribution < -0.4 is 0 Å². The summed E-state index contributed by atoms with van der Waals surface area (Å²) >= 11 is 1.96. The molecule has 0 N–H and O–H groups in total. The predicted molar refractivity (Wildman–Crippen MR) is 77.8 cm³/mol. The maximum atomic E-state index is 4.50.